The van der Waals surface area contributed by atoms with Crippen LogP contribution in [0.4, 0.5) is 5.69 Å². The monoisotopic (exact) mass is 310 g/mol. The molecule has 0 unspecified atom stereocenters. The Bertz CT molecular complexity index is 519. The summed E-state index contributed by atoms with van der Waals surface area (Å²) in [4.78, 5) is 24.8. The number of ether oxygens (including phenoxy) is 2. The van der Waals surface area contributed by atoms with Crippen molar-refractivity contribution in [1.29, 1.82) is 0 Å². The average Bonchev–Trinajstić information content (AvgIpc) is 2.49. The second-order valence-corrected chi connectivity index (χ2v) is 4.43. The van der Waals surface area contributed by atoms with E-state index in [2.05, 4.69) is 5.32 Å². The largest absolute Gasteiger partial charge is 0.490 e. The van der Waals surface area contributed by atoms with Crippen LogP contribution in [0, 0.1) is 0 Å². The molecule has 0 heterocycles. The summed E-state index contributed by atoms with van der Waals surface area (Å²) in [7, 11) is 1.45. The Hall–Kier alpha value is -2.28. The van der Waals surface area contributed by atoms with E-state index in [1.165, 1.54) is 7.05 Å². The summed E-state index contributed by atoms with van der Waals surface area (Å²) in [5.41, 5.74) is 0.433. The molecule has 7 nitrogen and oxygen atoms in total. The van der Waals surface area contributed by atoms with Gasteiger partial charge < -0.3 is 24.8 Å². The van der Waals surface area contributed by atoms with Crippen molar-refractivity contribution in [2.24, 2.45) is 0 Å². The van der Waals surface area contributed by atoms with E-state index in [0.717, 1.165) is 4.90 Å². The van der Waals surface area contributed by atoms with Crippen molar-refractivity contribution < 1.29 is 24.2 Å². The molecule has 0 saturated carbocycles. The molecule has 0 aliphatic heterocycles. The number of hydrogen-bond acceptors (Lipinski definition) is 5. The molecule has 0 saturated heterocycles. The summed E-state index contributed by atoms with van der Waals surface area (Å²) >= 11 is 0. The molecule has 0 fully saturated rings. The molecule has 0 radical (unpaired) electrons. The van der Waals surface area contributed by atoms with E-state index in [0.29, 0.717) is 30.4 Å². The first-order valence-electron chi connectivity index (χ1n) is 7.10. The predicted molar refractivity (Wildman–Crippen MR) is 82.1 cm³/mol. The van der Waals surface area contributed by atoms with Crippen LogP contribution in [0.3, 0.4) is 0 Å². The fourth-order valence-corrected chi connectivity index (χ4v) is 1.74. The zero-order chi connectivity index (χ0) is 16.5. The van der Waals surface area contributed by atoms with Crippen LogP contribution in [0.2, 0.25) is 0 Å². The van der Waals surface area contributed by atoms with Crippen LogP contribution >= 0.6 is 0 Å². The first kappa shape index (κ1) is 17.8. The van der Waals surface area contributed by atoms with Gasteiger partial charge in [0.2, 0.25) is 0 Å². The maximum Gasteiger partial charge on any atom is 0.313 e. The highest BCUT2D eigenvalue weighted by Crippen LogP contribution is 2.30. The lowest BCUT2D eigenvalue weighted by molar-refractivity contribution is -0.142. The van der Waals surface area contributed by atoms with Crippen LogP contribution in [0.1, 0.15) is 13.8 Å². The van der Waals surface area contributed by atoms with Crippen molar-refractivity contribution in [3.05, 3.63) is 18.2 Å². The minimum Gasteiger partial charge on any atom is -0.490 e. The lowest BCUT2D eigenvalue weighted by Gasteiger charge is -2.16. The molecule has 0 aliphatic carbocycles. The van der Waals surface area contributed by atoms with Crippen molar-refractivity contribution in [3.8, 4) is 11.5 Å². The molecule has 7 heteroatoms. The number of aliphatic hydroxyl groups is 1. The Morgan fingerprint density at radius 3 is 2.41 bits per heavy atom. The smallest absolute Gasteiger partial charge is 0.313 e. The Labute approximate surface area is 129 Å². The molecule has 0 aromatic heterocycles. The van der Waals surface area contributed by atoms with Crippen molar-refractivity contribution >= 4 is 17.5 Å². The standard InChI is InChI=1S/C15H22N2O5/c1-4-21-12-7-6-11(10-13(12)22-5-2)16-14(19)15(20)17(3)8-9-18/h6-7,10,18H,4-5,8-9H2,1-3H3,(H,16,19). The van der Waals surface area contributed by atoms with Gasteiger partial charge in [0.25, 0.3) is 0 Å². The number of nitrogens with one attached hydrogen (secondary N) is 1. The maximum atomic E-state index is 11.9. The van der Waals surface area contributed by atoms with Gasteiger partial charge in [-0.05, 0) is 26.0 Å². The summed E-state index contributed by atoms with van der Waals surface area (Å²) in [5, 5.41) is 11.3. The second-order valence-electron chi connectivity index (χ2n) is 4.43. The topological polar surface area (TPSA) is 88.1 Å². The van der Waals surface area contributed by atoms with Gasteiger partial charge in [0.1, 0.15) is 0 Å². The lowest BCUT2D eigenvalue weighted by Crippen LogP contribution is -2.38. The van der Waals surface area contributed by atoms with E-state index in [4.69, 9.17) is 14.6 Å². The minimum atomic E-state index is -0.775. The summed E-state index contributed by atoms with van der Waals surface area (Å²) < 4.78 is 10.9. The van der Waals surface area contributed by atoms with Gasteiger partial charge in [-0.25, -0.2) is 0 Å². The third kappa shape index (κ3) is 4.92. The molecule has 1 aromatic carbocycles. The van der Waals surface area contributed by atoms with E-state index in [9.17, 15) is 9.59 Å². The van der Waals surface area contributed by atoms with Crippen molar-refractivity contribution in [2.75, 3.05) is 38.7 Å². The van der Waals surface area contributed by atoms with E-state index in [1.54, 1.807) is 18.2 Å². The van der Waals surface area contributed by atoms with Crippen LogP contribution in [0.5, 0.6) is 11.5 Å². The quantitative estimate of drug-likeness (QED) is 0.730. The molecule has 22 heavy (non-hydrogen) atoms. The maximum absolute atomic E-state index is 11.9. The van der Waals surface area contributed by atoms with Crippen molar-refractivity contribution in [2.45, 2.75) is 13.8 Å². The van der Waals surface area contributed by atoms with Crippen molar-refractivity contribution in [3.63, 3.8) is 0 Å². The normalized spacial score (nSPS) is 10.0. The summed E-state index contributed by atoms with van der Waals surface area (Å²) in [6, 6.07) is 4.91. The molecule has 0 spiro atoms. The zero-order valence-corrected chi connectivity index (χ0v) is 13.1. The highest BCUT2D eigenvalue weighted by molar-refractivity contribution is 6.39. The SMILES string of the molecule is CCOc1ccc(NC(=O)C(=O)N(C)CCO)cc1OCC. The van der Waals surface area contributed by atoms with E-state index in [-0.39, 0.29) is 13.2 Å². The van der Waals surface area contributed by atoms with Gasteiger partial charge in [-0.1, -0.05) is 0 Å². The first-order valence-corrected chi connectivity index (χ1v) is 7.10. The third-order valence-corrected chi connectivity index (χ3v) is 2.78. The Morgan fingerprint density at radius 2 is 1.82 bits per heavy atom. The molecule has 2 amide bonds. The van der Waals surface area contributed by atoms with Gasteiger partial charge in [0.15, 0.2) is 11.5 Å². The van der Waals surface area contributed by atoms with Crippen molar-refractivity contribution in [1.82, 2.24) is 4.90 Å². The lowest BCUT2D eigenvalue weighted by atomic mass is 10.2. The first-order chi connectivity index (χ1) is 10.5. The summed E-state index contributed by atoms with van der Waals surface area (Å²) in [6.07, 6.45) is 0. The number of benzene rings is 1. The minimum absolute atomic E-state index is 0.0970. The van der Waals surface area contributed by atoms with Gasteiger partial charge in [0.05, 0.1) is 19.8 Å². The van der Waals surface area contributed by atoms with Gasteiger partial charge in [-0.3, -0.25) is 9.59 Å². The second kappa shape index (κ2) is 8.89. The molecule has 0 aliphatic rings. The zero-order valence-electron chi connectivity index (χ0n) is 13.1. The van der Waals surface area contributed by atoms with E-state index < -0.39 is 11.8 Å². The fraction of sp³-hybridized carbons (Fsp3) is 0.467. The number of likely N-dealkylation sites (N-methyl/N-ethyl adjacent to an activating group) is 1. The van der Waals surface area contributed by atoms with Crippen LogP contribution in [0.25, 0.3) is 0 Å². The number of amides is 2. The number of hydrogen-bond donors (Lipinski definition) is 2. The van der Waals surface area contributed by atoms with Crippen LogP contribution < -0.4 is 14.8 Å². The van der Waals surface area contributed by atoms with Crippen LogP contribution in [0.15, 0.2) is 18.2 Å². The molecule has 0 atom stereocenters. The molecule has 1 aromatic rings. The van der Waals surface area contributed by atoms with Gasteiger partial charge >= 0.3 is 11.8 Å². The number of rotatable bonds is 7. The van der Waals surface area contributed by atoms with Gasteiger partial charge in [-0.15, -0.1) is 0 Å². The van der Waals surface area contributed by atoms with Crippen LogP contribution in [-0.2, 0) is 9.59 Å². The van der Waals surface area contributed by atoms with Gasteiger partial charge in [0, 0.05) is 25.3 Å². The summed E-state index contributed by atoms with van der Waals surface area (Å²) in [5.74, 6) is -0.423. The third-order valence-electron chi connectivity index (χ3n) is 2.78. The molecule has 1 rings (SSSR count). The molecule has 2 N–H and O–H groups in total. The number of carbonyl (C=O) groups excluding carboxylic acids is 2. The Morgan fingerprint density at radius 1 is 1.18 bits per heavy atom. The number of aliphatic hydroxyl groups excluding tert-OH is 1. The number of carbonyl (C=O) groups is 2. The Balaban J connectivity index is 2.82. The molecule has 122 valence electrons. The van der Waals surface area contributed by atoms with Crippen LogP contribution in [-0.4, -0.2) is 55.2 Å². The fourth-order valence-electron chi connectivity index (χ4n) is 1.74. The molecule has 0 bridgehead atoms. The van der Waals surface area contributed by atoms with E-state index in [1.807, 2.05) is 13.8 Å². The van der Waals surface area contributed by atoms with Gasteiger partial charge in [-0.2, -0.15) is 0 Å². The highest BCUT2D eigenvalue weighted by Gasteiger charge is 2.19. The average molecular weight is 310 g/mol. The Kier molecular flexibility index (Phi) is 7.18. The predicted octanol–water partition coefficient (Wildman–Crippen LogP) is 0.873. The number of nitrogens with zero attached hydrogens (tertiary/aromatic N) is 1. The molecular formula is C15H22N2O5. The molecular weight excluding hydrogens is 288 g/mol. The van der Waals surface area contributed by atoms with E-state index >= 15 is 0 Å². The summed E-state index contributed by atoms with van der Waals surface area (Å²) in [6.45, 7) is 4.55. The number of anilines is 1. The highest BCUT2D eigenvalue weighted by atomic mass is 16.5.